The molecule has 0 fully saturated rings. The molecule has 66 valence electrons. The lowest BCUT2D eigenvalue weighted by molar-refractivity contribution is -0.105. The van der Waals surface area contributed by atoms with E-state index < -0.39 is 5.60 Å². The molecule has 2 heteroatoms. The highest BCUT2D eigenvalue weighted by Gasteiger charge is 2.29. The first-order chi connectivity index (χ1) is 5.58. The quantitative estimate of drug-likeness (QED) is 0.499. The first-order valence-electron chi connectivity index (χ1n) is 4.11. The van der Waals surface area contributed by atoms with Gasteiger partial charge in [-0.2, -0.15) is 0 Å². The molecule has 0 bridgehead atoms. The van der Waals surface area contributed by atoms with E-state index in [1.54, 1.807) is 6.08 Å². The summed E-state index contributed by atoms with van der Waals surface area (Å²) in [6.45, 7) is 5.55. The summed E-state index contributed by atoms with van der Waals surface area (Å²) in [5.74, 6) is 0. The molecule has 0 radical (unpaired) electrons. The molecule has 1 rings (SSSR count). The molecule has 1 aliphatic carbocycles. The van der Waals surface area contributed by atoms with Crippen LogP contribution in [0.3, 0.4) is 0 Å². The van der Waals surface area contributed by atoms with Gasteiger partial charge in [0.1, 0.15) is 6.29 Å². The highest BCUT2D eigenvalue weighted by molar-refractivity contribution is 5.73. The van der Waals surface area contributed by atoms with Crippen LogP contribution in [0.4, 0.5) is 0 Å². The molecule has 1 unspecified atom stereocenters. The highest BCUT2D eigenvalue weighted by atomic mass is 16.3. The molecule has 0 aromatic heterocycles. The van der Waals surface area contributed by atoms with E-state index in [2.05, 4.69) is 6.58 Å². The number of carbonyl (C=O) groups excluding carboxylic acids is 1. The number of allylic oxidation sites excluding steroid dienone is 1. The first-order valence-corrected chi connectivity index (χ1v) is 4.11. The minimum absolute atomic E-state index is 0.524. The van der Waals surface area contributed by atoms with Crippen LogP contribution in [0, 0.1) is 0 Å². The van der Waals surface area contributed by atoms with Crippen molar-refractivity contribution >= 4 is 6.29 Å². The Morgan fingerprint density at radius 1 is 1.83 bits per heavy atom. The average Bonchev–Trinajstić information content (AvgIpc) is 2.06. The molecule has 0 amide bonds. The third-order valence-corrected chi connectivity index (χ3v) is 2.47. The van der Waals surface area contributed by atoms with Crippen molar-refractivity contribution in [2.75, 3.05) is 0 Å². The molecule has 0 saturated carbocycles. The summed E-state index contributed by atoms with van der Waals surface area (Å²) in [6.07, 6.45) is 4.46. The van der Waals surface area contributed by atoms with E-state index in [1.807, 2.05) is 6.92 Å². The Labute approximate surface area is 72.6 Å². The van der Waals surface area contributed by atoms with Crippen LogP contribution in [-0.4, -0.2) is 17.0 Å². The van der Waals surface area contributed by atoms with Crippen LogP contribution >= 0.6 is 0 Å². The average molecular weight is 166 g/mol. The van der Waals surface area contributed by atoms with Crippen LogP contribution in [0.15, 0.2) is 23.8 Å². The fourth-order valence-corrected chi connectivity index (χ4v) is 1.35. The summed E-state index contributed by atoms with van der Waals surface area (Å²) >= 11 is 0. The second-order valence-electron chi connectivity index (χ2n) is 3.41. The van der Waals surface area contributed by atoms with Crippen molar-refractivity contribution in [2.24, 2.45) is 0 Å². The van der Waals surface area contributed by atoms with E-state index in [1.165, 1.54) is 0 Å². The van der Waals surface area contributed by atoms with Gasteiger partial charge in [-0.1, -0.05) is 12.7 Å². The zero-order chi connectivity index (χ0) is 9.19. The number of hydrogen-bond donors (Lipinski definition) is 1. The number of carbonyl (C=O) groups is 1. The van der Waals surface area contributed by atoms with Crippen LogP contribution in [0.5, 0.6) is 0 Å². The minimum Gasteiger partial charge on any atom is -0.385 e. The first kappa shape index (κ1) is 9.20. The van der Waals surface area contributed by atoms with Gasteiger partial charge in [0.15, 0.2) is 0 Å². The van der Waals surface area contributed by atoms with Gasteiger partial charge in [0.25, 0.3) is 0 Å². The van der Waals surface area contributed by atoms with Gasteiger partial charge in [-0.15, -0.1) is 0 Å². The van der Waals surface area contributed by atoms with Crippen molar-refractivity contribution in [3.8, 4) is 0 Å². The van der Waals surface area contributed by atoms with Gasteiger partial charge in [-0.05, 0) is 37.3 Å². The maximum atomic E-state index is 10.4. The summed E-state index contributed by atoms with van der Waals surface area (Å²) in [7, 11) is 0. The predicted molar refractivity (Wildman–Crippen MR) is 47.8 cm³/mol. The summed E-state index contributed by atoms with van der Waals surface area (Å²) in [4.78, 5) is 10.4. The van der Waals surface area contributed by atoms with Crippen molar-refractivity contribution in [1.29, 1.82) is 0 Å². The maximum Gasteiger partial charge on any atom is 0.145 e. The number of aliphatic hydroxyl groups is 1. The van der Waals surface area contributed by atoms with Crippen LogP contribution in [0.2, 0.25) is 0 Å². The number of hydrogen-bond acceptors (Lipinski definition) is 2. The maximum absolute atomic E-state index is 10.4. The van der Waals surface area contributed by atoms with Crippen molar-refractivity contribution in [3.63, 3.8) is 0 Å². The van der Waals surface area contributed by atoms with Gasteiger partial charge >= 0.3 is 0 Å². The van der Waals surface area contributed by atoms with Crippen molar-refractivity contribution in [2.45, 2.75) is 31.8 Å². The fourth-order valence-electron chi connectivity index (χ4n) is 1.35. The Bertz CT molecular complexity index is 240. The Hall–Kier alpha value is -0.890. The van der Waals surface area contributed by atoms with Crippen LogP contribution < -0.4 is 0 Å². The predicted octanol–water partition coefficient (Wildman–Crippen LogP) is 1.60. The van der Waals surface area contributed by atoms with Crippen molar-refractivity contribution in [1.82, 2.24) is 0 Å². The third kappa shape index (κ3) is 1.64. The van der Waals surface area contributed by atoms with Crippen LogP contribution in [-0.2, 0) is 4.79 Å². The van der Waals surface area contributed by atoms with Gasteiger partial charge in [-0.25, -0.2) is 0 Å². The molecule has 0 saturated heterocycles. The fraction of sp³-hybridized carbons (Fsp3) is 0.500. The summed E-state index contributed by atoms with van der Waals surface area (Å²) in [5.41, 5.74) is 0.802. The molecule has 1 aliphatic rings. The highest BCUT2D eigenvalue weighted by Crippen LogP contribution is 2.31. The Balaban J connectivity index is 2.73. The molecule has 0 aromatic rings. The van der Waals surface area contributed by atoms with E-state index in [-0.39, 0.29) is 0 Å². The monoisotopic (exact) mass is 166 g/mol. The molecular formula is C10H14O2. The summed E-state index contributed by atoms with van der Waals surface area (Å²) in [6, 6.07) is 0. The van der Waals surface area contributed by atoms with E-state index in [0.29, 0.717) is 19.3 Å². The van der Waals surface area contributed by atoms with E-state index >= 15 is 0 Å². The standard InChI is InChI=1S/C10H14O2/c1-8(2)10(12)5-3-9(7-11)4-6-10/h3,7,12H,1,4-6H2,2H3. The zero-order valence-electron chi connectivity index (χ0n) is 7.34. The van der Waals surface area contributed by atoms with Crippen LogP contribution in [0.1, 0.15) is 26.2 Å². The van der Waals surface area contributed by atoms with Gasteiger partial charge in [0.05, 0.1) is 5.60 Å². The number of aldehydes is 1. The Morgan fingerprint density at radius 3 is 2.83 bits per heavy atom. The lowest BCUT2D eigenvalue weighted by Crippen LogP contribution is -2.31. The largest absolute Gasteiger partial charge is 0.385 e. The molecule has 0 aromatic carbocycles. The molecule has 0 spiro atoms. The Kier molecular flexibility index (Phi) is 2.48. The smallest absolute Gasteiger partial charge is 0.145 e. The molecule has 2 nitrogen and oxygen atoms in total. The zero-order valence-corrected chi connectivity index (χ0v) is 7.34. The second-order valence-corrected chi connectivity index (χ2v) is 3.41. The van der Waals surface area contributed by atoms with Crippen molar-refractivity contribution in [3.05, 3.63) is 23.8 Å². The van der Waals surface area contributed by atoms with Gasteiger partial charge in [0, 0.05) is 0 Å². The third-order valence-electron chi connectivity index (χ3n) is 2.47. The lowest BCUT2D eigenvalue weighted by atomic mass is 9.81. The summed E-state index contributed by atoms with van der Waals surface area (Å²) in [5, 5.41) is 9.90. The van der Waals surface area contributed by atoms with Crippen LogP contribution in [0.25, 0.3) is 0 Å². The van der Waals surface area contributed by atoms with Crippen molar-refractivity contribution < 1.29 is 9.90 Å². The molecular weight excluding hydrogens is 152 g/mol. The summed E-state index contributed by atoms with van der Waals surface area (Å²) < 4.78 is 0. The minimum atomic E-state index is -0.771. The second kappa shape index (κ2) is 3.23. The SMILES string of the molecule is C=C(C)C1(O)CC=C(C=O)CC1. The lowest BCUT2D eigenvalue weighted by Gasteiger charge is -2.30. The number of rotatable bonds is 2. The van der Waals surface area contributed by atoms with Gasteiger partial charge in [-0.3, -0.25) is 4.79 Å². The molecule has 0 heterocycles. The molecule has 0 aliphatic heterocycles. The molecule has 1 atom stereocenters. The van der Waals surface area contributed by atoms with E-state index in [9.17, 15) is 9.90 Å². The normalized spacial score (nSPS) is 29.3. The molecule has 1 N–H and O–H groups in total. The van der Waals surface area contributed by atoms with E-state index in [4.69, 9.17) is 0 Å². The van der Waals surface area contributed by atoms with Gasteiger partial charge in [0.2, 0.25) is 0 Å². The Morgan fingerprint density at radius 2 is 2.50 bits per heavy atom. The van der Waals surface area contributed by atoms with Gasteiger partial charge < -0.3 is 5.11 Å². The molecule has 12 heavy (non-hydrogen) atoms. The van der Waals surface area contributed by atoms with E-state index in [0.717, 1.165) is 17.4 Å². The topological polar surface area (TPSA) is 37.3 Å².